The van der Waals surface area contributed by atoms with E-state index in [9.17, 15) is 5.11 Å². The molecule has 2 nitrogen and oxygen atoms in total. The molecular weight excluding hydrogens is 210 g/mol. The summed E-state index contributed by atoms with van der Waals surface area (Å²) in [6, 6.07) is 10.4. The molecule has 0 saturated heterocycles. The van der Waals surface area contributed by atoms with Crippen LogP contribution in [0.25, 0.3) is 0 Å². The molecule has 0 radical (unpaired) electrons. The topological polar surface area (TPSA) is 23.5 Å². The van der Waals surface area contributed by atoms with E-state index < -0.39 is 0 Å². The maximum Gasteiger partial charge on any atom is 0.0501 e. The first kappa shape index (κ1) is 14.0. The number of benzene rings is 1. The summed E-state index contributed by atoms with van der Waals surface area (Å²) in [6.07, 6.45) is 2.18. The second-order valence-corrected chi connectivity index (χ2v) is 5.07. The zero-order valence-electron chi connectivity index (χ0n) is 11.3. The van der Waals surface area contributed by atoms with Crippen LogP contribution in [0.1, 0.15) is 33.6 Å². The molecule has 1 aromatic rings. The van der Waals surface area contributed by atoms with Gasteiger partial charge in [0.15, 0.2) is 0 Å². The monoisotopic (exact) mass is 235 g/mol. The van der Waals surface area contributed by atoms with Crippen molar-refractivity contribution in [1.29, 1.82) is 0 Å². The number of para-hydroxylation sites is 1. The van der Waals surface area contributed by atoms with Crippen molar-refractivity contribution >= 4 is 5.69 Å². The third-order valence-corrected chi connectivity index (χ3v) is 3.31. The molecule has 1 N–H and O–H groups in total. The van der Waals surface area contributed by atoms with Gasteiger partial charge >= 0.3 is 0 Å². The molecule has 1 atom stereocenters. The van der Waals surface area contributed by atoms with Crippen LogP contribution in [0.4, 0.5) is 5.69 Å². The molecule has 1 rings (SSSR count). The molecule has 0 amide bonds. The summed E-state index contributed by atoms with van der Waals surface area (Å²) in [4.78, 5) is 2.34. The van der Waals surface area contributed by atoms with Crippen LogP contribution in [0.2, 0.25) is 0 Å². The first-order chi connectivity index (χ1) is 8.15. The van der Waals surface area contributed by atoms with Crippen molar-refractivity contribution in [3.8, 4) is 0 Å². The minimum atomic E-state index is 0.000597. The van der Waals surface area contributed by atoms with E-state index in [1.54, 1.807) is 0 Å². The van der Waals surface area contributed by atoms with E-state index in [1.165, 1.54) is 5.69 Å². The normalized spacial score (nSPS) is 14.4. The smallest absolute Gasteiger partial charge is 0.0501 e. The predicted octanol–water partition coefficient (Wildman–Crippen LogP) is 3.31. The van der Waals surface area contributed by atoms with Crippen LogP contribution in [-0.4, -0.2) is 24.8 Å². The maximum atomic E-state index is 9.58. The minimum absolute atomic E-state index is 0.000597. The molecule has 0 saturated carbocycles. The standard InChI is InChI=1S/C15H25NO/c1-4-11-15(3,13-17)12-16(5-2)14-9-7-6-8-10-14/h6-10,17H,4-5,11-13H2,1-3H3. The van der Waals surface area contributed by atoms with Gasteiger partial charge in [0.05, 0.1) is 6.61 Å². The van der Waals surface area contributed by atoms with E-state index in [0.717, 1.165) is 25.9 Å². The number of hydrogen-bond acceptors (Lipinski definition) is 2. The number of aliphatic hydroxyl groups excluding tert-OH is 1. The lowest BCUT2D eigenvalue weighted by atomic mass is 9.86. The zero-order chi connectivity index (χ0) is 12.7. The SMILES string of the molecule is CCCC(C)(CO)CN(CC)c1ccccc1. The lowest BCUT2D eigenvalue weighted by Gasteiger charge is -2.35. The van der Waals surface area contributed by atoms with Gasteiger partial charge in [-0.25, -0.2) is 0 Å². The second kappa shape index (κ2) is 6.65. The molecule has 0 bridgehead atoms. The van der Waals surface area contributed by atoms with Crippen LogP contribution in [0.15, 0.2) is 30.3 Å². The van der Waals surface area contributed by atoms with Gasteiger partial charge in [0.1, 0.15) is 0 Å². The van der Waals surface area contributed by atoms with Gasteiger partial charge in [0.25, 0.3) is 0 Å². The fourth-order valence-electron chi connectivity index (χ4n) is 2.30. The van der Waals surface area contributed by atoms with Gasteiger partial charge < -0.3 is 10.0 Å². The molecule has 1 aromatic carbocycles. The minimum Gasteiger partial charge on any atom is -0.396 e. The molecule has 0 aliphatic heterocycles. The summed E-state index contributed by atoms with van der Waals surface area (Å²) in [5, 5.41) is 9.58. The molecule has 0 heterocycles. The van der Waals surface area contributed by atoms with Gasteiger partial charge in [-0.15, -0.1) is 0 Å². The Morgan fingerprint density at radius 2 is 1.82 bits per heavy atom. The molecule has 0 aromatic heterocycles. The highest BCUT2D eigenvalue weighted by molar-refractivity contribution is 5.46. The molecule has 96 valence electrons. The van der Waals surface area contributed by atoms with E-state index in [-0.39, 0.29) is 12.0 Å². The van der Waals surface area contributed by atoms with Crippen molar-refractivity contribution in [2.24, 2.45) is 5.41 Å². The summed E-state index contributed by atoms with van der Waals surface area (Å²) < 4.78 is 0. The van der Waals surface area contributed by atoms with E-state index in [1.807, 2.05) is 6.07 Å². The third-order valence-electron chi connectivity index (χ3n) is 3.31. The second-order valence-electron chi connectivity index (χ2n) is 5.07. The molecule has 0 aliphatic carbocycles. The van der Waals surface area contributed by atoms with Crippen molar-refractivity contribution < 1.29 is 5.11 Å². The van der Waals surface area contributed by atoms with Crippen LogP contribution in [0.5, 0.6) is 0 Å². The third kappa shape index (κ3) is 4.04. The molecule has 2 heteroatoms. The van der Waals surface area contributed by atoms with Crippen LogP contribution in [-0.2, 0) is 0 Å². The summed E-state index contributed by atoms with van der Waals surface area (Å²) in [5.41, 5.74) is 1.24. The van der Waals surface area contributed by atoms with E-state index in [0.29, 0.717) is 0 Å². The van der Waals surface area contributed by atoms with Crippen molar-refractivity contribution in [1.82, 2.24) is 0 Å². The fraction of sp³-hybridized carbons (Fsp3) is 0.600. The number of anilines is 1. The van der Waals surface area contributed by atoms with E-state index >= 15 is 0 Å². The first-order valence-electron chi connectivity index (χ1n) is 6.56. The summed E-state index contributed by atoms with van der Waals surface area (Å²) in [6.45, 7) is 8.65. The van der Waals surface area contributed by atoms with Gasteiger partial charge in [0, 0.05) is 24.2 Å². The Hall–Kier alpha value is -1.02. The molecule has 0 fully saturated rings. The van der Waals surface area contributed by atoms with E-state index in [4.69, 9.17) is 0 Å². The average molecular weight is 235 g/mol. The molecule has 1 unspecified atom stereocenters. The van der Waals surface area contributed by atoms with Gasteiger partial charge in [-0.2, -0.15) is 0 Å². The Morgan fingerprint density at radius 1 is 1.18 bits per heavy atom. The van der Waals surface area contributed by atoms with Gasteiger partial charge in [-0.1, -0.05) is 38.5 Å². The summed E-state index contributed by atoms with van der Waals surface area (Å²) in [5.74, 6) is 0. The van der Waals surface area contributed by atoms with Gasteiger partial charge in [-0.3, -0.25) is 0 Å². The highest BCUT2D eigenvalue weighted by atomic mass is 16.3. The highest BCUT2D eigenvalue weighted by Gasteiger charge is 2.25. The Kier molecular flexibility index (Phi) is 5.49. The largest absolute Gasteiger partial charge is 0.396 e. The number of hydrogen-bond donors (Lipinski definition) is 1. The summed E-state index contributed by atoms with van der Waals surface area (Å²) in [7, 11) is 0. The highest BCUT2D eigenvalue weighted by Crippen LogP contribution is 2.26. The quantitative estimate of drug-likeness (QED) is 0.783. The van der Waals surface area contributed by atoms with Gasteiger partial charge in [0.2, 0.25) is 0 Å². The number of nitrogens with zero attached hydrogens (tertiary/aromatic N) is 1. The lowest BCUT2D eigenvalue weighted by molar-refractivity contribution is 0.137. The fourth-order valence-corrected chi connectivity index (χ4v) is 2.30. The molecular formula is C15H25NO. The van der Waals surface area contributed by atoms with Crippen LogP contribution < -0.4 is 4.90 Å². The van der Waals surface area contributed by atoms with Crippen molar-refractivity contribution in [2.75, 3.05) is 24.6 Å². The Morgan fingerprint density at radius 3 is 2.29 bits per heavy atom. The first-order valence-corrected chi connectivity index (χ1v) is 6.56. The van der Waals surface area contributed by atoms with Crippen LogP contribution >= 0.6 is 0 Å². The van der Waals surface area contributed by atoms with E-state index in [2.05, 4.69) is 49.9 Å². The molecule has 0 spiro atoms. The zero-order valence-corrected chi connectivity index (χ0v) is 11.3. The molecule has 0 aliphatic rings. The Bertz CT molecular complexity index is 312. The average Bonchev–Trinajstić information content (AvgIpc) is 2.37. The van der Waals surface area contributed by atoms with Crippen LogP contribution in [0, 0.1) is 5.41 Å². The molecule has 17 heavy (non-hydrogen) atoms. The number of aliphatic hydroxyl groups is 1. The summed E-state index contributed by atoms with van der Waals surface area (Å²) >= 11 is 0. The Balaban J connectivity index is 2.75. The number of rotatable bonds is 7. The Labute approximate surface area is 105 Å². The van der Waals surface area contributed by atoms with Crippen molar-refractivity contribution in [3.63, 3.8) is 0 Å². The predicted molar refractivity (Wildman–Crippen MR) is 74.4 cm³/mol. The van der Waals surface area contributed by atoms with Crippen molar-refractivity contribution in [2.45, 2.75) is 33.6 Å². The van der Waals surface area contributed by atoms with Crippen LogP contribution in [0.3, 0.4) is 0 Å². The maximum absolute atomic E-state index is 9.58. The van der Waals surface area contributed by atoms with Crippen molar-refractivity contribution in [3.05, 3.63) is 30.3 Å². The lowest BCUT2D eigenvalue weighted by Crippen LogP contribution is -2.38. The van der Waals surface area contributed by atoms with Gasteiger partial charge in [-0.05, 0) is 25.5 Å².